The van der Waals surface area contributed by atoms with Crippen molar-refractivity contribution in [3.8, 4) is 0 Å². The molecular weight excluding hydrogens is 286 g/mol. The molecule has 112 valence electrons. The highest BCUT2D eigenvalue weighted by atomic mass is 19.3. The first-order valence-corrected chi connectivity index (χ1v) is 6.28. The Morgan fingerprint density at radius 2 is 2.14 bits per heavy atom. The molecule has 1 saturated heterocycles. The van der Waals surface area contributed by atoms with Gasteiger partial charge in [-0.1, -0.05) is 10.3 Å². The summed E-state index contributed by atoms with van der Waals surface area (Å²) < 4.78 is 37.1. The number of carbonyl (C=O) groups excluding carboxylic acids is 1. The molecule has 0 radical (unpaired) electrons. The third-order valence-electron chi connectivity index (χ3n) is 3.21. The third-order valence-corrected chi connectivity index (χ3v) is 3.21. The minimum Gasteiger partial charge on any atom is -0.361 e. The molecule has 0 N–H and O–H groups in total. The molecule has 3 rings (SSSR count). The predicted molar refractivity (Wildman–Crippen MR) is 63.6 cm³/mol. The molecule has 1 fully saturated rings. The highest BCUT2D eigenvalue weighted by Crippen LogP contribution is 2.41. The molecule has 7 nitrogen and oxygen atoms in total. The van der Waals surface area contributed by atoms with Gasteiger partial charge < -0.3 is 13.9 Å². The Balaban J connectivity index is 1.92. The number of likely N-dealkylation sites (tertiary alicyclic amines) is 1. The summed E-state index contributed by atoms with van der Waals surface area (Å²) in [5.41, 5.74) is -0.0218. The molecule has 21 heavy (non-hydrogen) atoms. The van der Waals surface area contributed by atoms with Crippen molar-refractivity contribution in [2.75, 3.05) is 6.54 Å². The Kier molecular flexibility index (Phi) is 2.99. The summed E-state index contributed by atoms with van der Waals surface area (Å²) >= 11 is 0. The van der Waals surface area contributed by atoms with Crippen LogP contribution in [0.2, 0.25) is 0 Å². The fraction of sp³-hybridized carbons (Fsp3) is 0.500. The summed E-state index contributed by atoms with van der Waals surface area (Å²) in [6.45, 7) is 2.47. The number of hydrogen-bond donors (Lipinski definition) is 0. The number of hydrogen-bond acceptors (Lipinski definition) is 6. The van der Waals surface area contributed by atoms with Crippen LogP contribution in [-0.4, -0.2) is 38.6 Å². The summed E-state index contributed by atoms with van der Waals surface area (Å²) in [5, 5.41) is 7.14. The number of nitrogens with zero attached hydrogens (tertiary/aromatic N) is 4. The number of carbonyl (C=O) groups is 1. The Hall–Kier alpha value is -2.32. The fourth-order valence-electron chi connectivity index (χ4n) is 2.31. The third kappa shape index (κ3) is 2.50. The Bertz CT molecular complexity index is 682. The summed E-state index contributed by atoms with van der Waals surface area (Å²) in [6.07, 6.45) is -0.558. The van der Waals surface area contributed by atoms with E-state index in [0.29, 0.717) is 11.6 Å². The van der Waals surface area contributed by atoms with Crippen molar-refractivity contribution in [1.29, 1.82) is 0 Å². The van der Waals surface area contributed by atoms with Gasteiger partial charge in [0.25, 0.3) is 11.8 Å². The van der Waals surface area contributed by atoms with Gasteiger partial charge in [0.1, 0.15) is 11.8 Å². The average Bonchev–Trinajstić information content (AvgIpc) is 3.08. The van der Waals surface area contributed by atoms with Crippen LogP contribution in [0.1, 0.15) is 40.4 Å². The molecule has 1 aliphatic rings. The average molecular weight is 298 g/mol. The monoisotopic (exact) mass is 298 g/mol. The lowest BCUT2D eigenvalue weighted by Crippen LogP contribution is -2.33. The fourth-order valence-corrected chi connectivity index (χ4v) is 2.31. The zero-order valence-corrected chi connectivity index (χ0v) is 11.3. The van der Waals surface area contributed by atoms with Gasteiger partial charge in [0.15, 0.2) is 11.5 Å². The van der Waals surface area contributed by atoms with Gasteiger partial charge in [0.05, 0.1) is 6.54 Å². The van der Waals surface area contributed by atoms with Crippen LogP contribution in [0.15, 0.2) is 15.1 Å². The number of amides is 1. The summed E-state index contributed by atoms with van der Waals surface area (Å²) in [6, 6.07) is 0.431. The van der Waals surface area contributed by atoms with E-state index in [0.717, 1.165) is 4.90 Å². The van der Waals surface area contributed by atoms with Gasteiger partial charge in [-0.25, -0.2) is 8.78 Å². The van der Waals surface area contributed by atoms with Gasteiger partial charge in [-0.3, -0.25) is 4.79 Å². The van der Waals surface area contributed by atoms with Gasteiger partial charge in [0.2, 0.25) is 5.89 Å². The first kappa shape index (κ1) is 13.7. The van der Waals surface area contributed by atoms with E-state index in [2.05, 4.69) is 15.3 Å². The maximum absolute atomic E-state index is 13.7. The van der Waals surface area contributed by atoms with Crippen molar-refractivity contribution >= 4 is 5.91 Å². The molecular formula is C12H12F2N4O3. The zero-order valence-electron chi connectivity index (χ0n) is 11.3. The zero-order chi connectivity index (χ0) is 15.2. The molecule has 0 aromatic carbocycles. The molecule has 9 heteroatoms. The second kappa shape index (κ2) is 4.61. The van der Waals surface area contributed by atoms with E-state index >= 15 is 0 Å². The van der Waals surface area contributed by atoms with Crippen molar-refractivity contribution in [3.63, 3.8) is 0 Å². The van der Waals surface area contributed by atoms with E-state index in [1.165, 1.54) is 6.07 Å². The van der Waals surface area contributed by atoms with E-state index in [9.17, 15) is 13.6 Å². The number of rotatable bonds is 2. The lowest BCUT2D eigenvalue weighted by Gasteiger charge is -2.19. The standard InChI is InChI=1S/C12H12F2N4O3/c1-6-3-8(17-20-6)11(19)18-5-12(13,14)4-9(18)10-15-7(2)16-21-10/h3,9H,4-5H2,1-2H3/t9-/m0/s1. The molecule has 1 atom stereocenters. The van der Waals surface area contributed by atoms with Crippen LogP contribution in [0.4, 0.5) is 8.78 Å². The smallest absolute Gasteiger partial charge is 0.276 e. The first-order chi connectivity index (χ1) is 9.85. The minimum atomic E-state index is -3.01. The van der Waals surface area contributed by atoms with Gasteiger partial charge in [-0.05, 0) is 13.8 Å². The van der Waals surface area contributed by atoms with E-state index < -0.39 is 30.8 Å². The van der Waals surface area contributed by atoms with Crippen LogP contribution >= 0.6 is 0 Å². The van der Waals surface area contributed by atoms with Crippen LogP contribution in [0.5, 0.6) is 0 Å². The summed E-state index contributed by atoms with van der Waals surface area (Å²) in [7, 11) is 0. The molecule has 0 saturated carbocycles. The van der Waals surface area contributed by atoms with Crippen molar-refractivity contribution in [2.45, 2.75) is 32.2 Å². The molecule has 1 amide bonds. The molecule has 0 aliphatic carbocycles. The van der Waals surface area contributed by atoms with E-state index in [-0.39, 0.29) is 11.6 Å². The van der Waals surface area contributed by atoms with Crippen LogP contribution in [0.3, 0.4) is 0 Å². The molecule has 0 spiro atoms. The molecule has 2 aromatic rings. The summed E-state index contributed by atoms with van der Waals surface area (Å²) in [5.74, 6) is -2.91. The first-order valence-electron chi connectivity index (χ1n) is 6.28. The minimum absolute atomic E-state index is 0.00163. The van der Waals surface area contributed by atoms with Crippen molar-refractivity contribution in [2.24, 2.45) is 0 Å². The second-order valence-electron chi connectivity index (χ2n) is 5.01. The molecule has 0 bridgehead atoms. The van der Waals surface area contributed by atoms with E-state index in [1.807, 2.05) is 0 Å². The van der Waals surface area contributed by atoms with Gasteiger partial charge >= 0.3 is 0 Å². The number of alkyl halides is 2. The highest BCUT2D eigenvalue weighted by molar-refractivity contribution is 5.92. The Labute approximate surface area is 117 Å². The van der Waals surface area contributed by atoms with Crippen molar-refractivity contribution < 1.29 is 22.6 Å². The number of aromatic nitrogens is 3. The Morgan fingerprint density at radius 1 is 1.38 bits per heavy atom. The number of aryl methyl sites for hydroxylation is 2. The molecule has 3 heterocycles. The van der Waals surface area contributed by atoms with Crippen molar-refractivity contribution in [3.05, 3.63) is 29.2 Å². The molecule has 2 aromatic heterocycles. The SMILES string of the molecule is Cc1noc([C@@H]2CC(F)(F)CN2C(=O)c2cc(C)on2)n1. The predicted octanol–water partition coefficient (Wildman–Crippen LogP) is 1.90. The van der Waals surface area contributed by atoms with Crippen LogP contribution < -0.4 is 0 Å². The number of halogens is 2. The second-order valence-corrected chi connectivity index (χ2v) is 5.01. The molecule has 0 unspecified atom stereocenters. The lowest BCUT2D eigenvalue weighted by molar-refractivity contribution is 0.0115. The summed E-state index contributed by atoms with van der Waals surface area (Å²) in [4.78, 5) is 17.3. The maximum atomic E-state index is 13.7. The quantitative estimate of drug-likeness (QED) is 0.841. The Morgan fingerprint density at radius 3 is 2.71 bits per heavy atom. The van der Waals surface area contributed by atoms with E-state index in [1.54, 1.807) is 13.8 Å². The van der Waals surface area contributed by atoms with Crippen molar-refractivity contribution in [1.82, 2.24) is 20.2 Å². The molecule has 1 aliphatic heterocycles. The van der Waals surface area contributed by atoms with Crippen LogP contribution in [0, 0.1) is 13.8 Å². The van der Waals surface area contributed by atoms with E-state index in [4.69, 9.17) is 9.05 Å². The van der Waals surface area contributed by atoms with Gasteiger partial charge in [0, 0.05) is 12.5 Å². The largest absolute Gasteiger partial charge is 0.361 e. The topological polar surface area (TPSA) is 85.3 Å². The van der Waals surface area contributed by atoms with Gasteiger partial charge in [-0.2, -0.15) is 4.98 Å². The lowest BCUT2D eigenvalue weighted by atomic mass is 10.2. The highest BCUT2D eigenvalue weighted by Gasteiger charge is 2.50. The van der Waals surface area contributed by atoms with Crippen LogP contribution in [0.25, 0.3) is 0 Å². The maximum Gasteiger partial charge on any atom is 0.276 e. The normalized spacial score (nSPS) is 21.0. The van der Waals surface area contributed by atoms with Gasteiger partial charge in [-0.15, -0.1) is 0 Å². The van der Waals surface area contributed by atoms with Crippen LogP contribution in [-0.2, 0) is 0 Å².